The van der Waals surface area contributed by atoms with E-state index in [0.717, 1.165) is 31.0 Å². The van der Waals surface area contributed by atoms with Crippen molar-refractivity contribution in [3.63, 3.8) is 0 Å². The van der Waals surface area contributed by atoms with Crippen LogP contribution < -0.4 is 14.8 Å². The fraction of sp³-hybridized carbons (Fsp3) is 0.333. The highest BCUT2D eigenvalue weighted by Crippen LogP contribution is 2.32. The van der Waals surface area contributed by atoms with E-state index in [-0.39, 0.29) is 5.02 Å². The Morgan fingerprint density at radius 2 is 2.00 bits per heavy atom. The van der Waals surface area contributed by atoms with Gasteiger partial charge in [-0.05, 0) is 18.2 Å². The van der Waals surface area contributed by atoms with Crippen molar-refractivity contribution in [2.75, 3.05) is 31.1 Å². The van der Waals surface area contributed by atoms with E-state index in [1.807, 2.05) is 11.0 Å². The van der Waals surface area contributed by atoms with Gasteiger partial charge >= 0.3 is 6.18 Å². The van der Waals surface area contributed by atoms with Gasteiger partial charge in [0.15, 0.2) is 5.76 Å². The van der Waals surface area contributed by atoms with Crippen LogP contribution in [0.1, 0.15) is 11.3 Å². The zero-order valence-electron chi connectivity index (χ0n) is 14.7. The number of hydrogen-bond donors (Lipinski definition) is 1. The third-order valence-corrected chi connectivity index (χ3v) is 5.03. The van der Waals surface area contributed by atoms with Gasteiger partial charge in [0.05, 0.1) is 11.8 Å². The minimum absolute atomic E-state index is 0.0675. The van der Waals surface area contributed by atoms with Crippen molar-refractivity contribution in [2.24, 2.45) is 0 Å². The van der Waals surface area contributed by atoms with Crippen LogP contribution in [-0.2, 0) is 12.7 Å². The molecule has 0 bridgehead atoms. The summed E-state index contributed by atoms with van der Waals surface area (Å²) in [6, 6.07) is 6.41. The van der Waals surface area contributed by atoms with Gasteiger partial charge in [0.1, 0.15) is 49.6 Å². The van der Waals surface area contributed by atoms with Crippen LogP contribution in [0.15, 0.2) is 45.7 Å². The van der Waals surface area contributed by atoms with Crippen LogP contribution in [0.25, 0.3) is 11.5 Å². The summed E-state index contributed by atoms with van der Waals surface area (Å²) < 4.78 is 48.9. The number of anilines is 1. The van der Waals surface area contributed by atoms with Gasteiger partial charge in [-0.15, -0.1) is 0 Å². The Morgan fingerprint density at radius 3 is 2.64 bits per heavy atom. The second-order valence-corrected chi connectivity index (χ2v) is 7.06. The maximum atomic E-state index is 12.8. The van der Waals surface area contributed by atoms with Crippen LogP contribution in [0.3, 0.4) is 0 Å². The molecule has 28 heavy (non-hydrogen) atoms. The van der Waals surface area contributed by atoms with Crippen molar-refractivity contribution in [1.82, 2.24) is 5.16 Å². The smallest absolute Gasteiger partial charge is 0.419 e. The fourth-order valence-corrected chi connectivity index (χ4v) is 3.57. The number of alkyl halides is 3. The van der Waals surface area contributed by atoms with Crippen molar-refractivity contribution in [3.8, 4) is 11.5 Å². The Bertz CT molecular complexity index is 935. The fourth-order valence-electron chi connectivity index (χ4n) is 3.28. The zero-order valence-corrected chi connectivity index (χ0v) is 15.5. The van der Waals surface area contributed by atoms with E-state index in [1.165, 1.54) is 4.90 Å². The molecule has 1 saturated heterocycles. The van der Waals surface area contributed by atoms with E-state index < -0.39 is 11.7 Å². The monoisotopic (exact) mass is 414 g/mol. The Kier molecular flexibility index (Phi) is 5.03. The second-order valence-electron chi connectivity index (χ2n) is 6.66. The molecule has 6 nitrogen and oxygen atoms in total. The molecule has 3 aromatic heterocycles. The van der Waals surface area contributed by atoms with Crippen LogP contribution in [0, 0.1) is 0 Å². The summed E-state index contributed by atoms with van der Waals surface area (Å²) in [5.74, 6) is 1.73. The first-order valence-electron chi connectivity index (χ1n) is 8.76. The number of hydrogen-bond acceptors (Lipinski definition) is 4. The van der Waals surface area contributed by atoms with Crippen molar-refractivity contribution < 1.29 is 32.0 Å². The Hall–Kier alpha value is -2.52. The molecule has 0 aliphatic carbocycles. The number of rotatable bonds is 4. The number of quaternary nitrogens is 1. The van der Waals surface area contributed by atoms with Gasteiger partial charge in [-0.25, -0.2) is 9.88 Å². The molecule has 0 aromatic carbocycles. The molecule has 0 atom stereocenters. The van der Waals surface area contributed by atoms with Gasteiger partial charge in [0.2, 0.25) is 5.76 Å². The van der Waals surface area contributed by atoms with Gasteiger partial charge in [0.25, 0.3) is 5.82 Å². The maximum Gasteiger partial charge on any atom is 0.419 e. The summed E-state index contributed by atoms with van der Waals surface area (Å²) in [5, 5.41) is 4.15. The highest BCUT2D eigenvalue weighted by molar-refractivity contribution is 6.32. The molecule has 0 saturated carbocycles. The molecule has 1 aliphatic heterocycles. The molecule has 0 amide bonds. The van der Waals surface area contributed by atoms with Crippen molar-refractivity contribution in [3.05, 3.63) is 53.0 Å². The summed E-state index contributed by atoms with van der Waals surface area (Å²) in [7, 11) is 0. The first-order chi connectivity index (χ1) is 13.4. The number of H-pyrrole nitrogens is 1. The number of nitrogens with zero attached hydrogens (tertiary/aromatic N) is 2. The molecule has 2 N–H and O–H groups in total. The molecule has 1 fully saturated rings. The molecular formula is C18H18ClF3N4O2+2. The lowest BCUT2D eigenvalue weighted by Gasteiger charge is -2.28. The topological polar surface area (TPSA) is 61.0 Å². The molecule has 1 aliphatic rings. The standard InChI is InChI=1S/C18H16ClF3N4O2/c19-14-8-12(18(20,21)22)10-23-17(14)26-5-3-25(4-6-26)11-13-9-16(28-24-13)15-2-1-7-27-15/h1-2,7-10H,3-6,11H2/p+2. The minimum Gasteiger partial charge on any atom is -0.461 e. The lowest BCUT2D eigenvalue weighted by Crippen LogP contribution is -3.13. The van der Waals surface area contributed by atoms with E-state index in [0.29, 0.717) is 37.0 Å². The average Bonchev–Trinajstić information content (AvgIpc) is 3.33. The van der Waals surface area contributed by atoms with Crippen LogP contribution in [0.2, 0.25) is 5.02 Å². The van der Waals surface area contributed by atoms with Gasteiger partial charge in [-0.3, -0.25) is 0 Å². The molecule has 4 rings (SSSR count). The van der Waals surface area contributed by atoms with Crippen LogP contribution in [0.4, 0.5) is 19.0 Å². The lowest BCUT2D eigenvalue weighted by molar-refractivity contribution is -0.914. The van der Waals surface area contributed by atoms with Crippen molar-refractivity contribution >= 4 is 17.4 Å². The second kappa shape index (κ2) is 7.48. The minimum atomic E-state index is -4.42. The van der Waals surface area contributed by atoms with E-state index >= 15 is 0 Å². The normalized spacial score (nSPS) is 15.9. The summed E-state index contributed by atoms with van der Waals surface area (Å²) >= 11 is 6.08. The SMILES string of the molecule is FC(F)(F)c1c[nH+]c(N2CC[NH+](Cc3cc(-c4ccco4)on3)CC2)c(Cl)c1. The first-order valence-corrected chi connectivity index (χ1v) is 9.14. The molecule has 0 radical (unpaired) electrons. The molecule has 148 valence electrons. The van der Waals surface area contributed by atoms with E-state index in [1.54, 1.807) is 18.4 Å². The summed E-state index contributed by atoms with van der Waals surface area (Å²) in [6.07, 6.45) is -1.90. The van der Waals surface area contributed by atoms with Crippen molar-refractivity contribution in [1.29, 1.82) is 0 Å². The van der Waals surface area contributed by atoms with Crippen LogP contribution in [0.5, 0.6) is 0 Å². The van der Waals surface area contributed by atoms with Gasteiger partial charge in [-0.1, -0.05) is 16.8 Å². The third-order valence-electron chi connectivity index (χ3n) is 4.74. The number of furan rings is 1. The van der Waals surface area contributed by atoms with Gasteiger partial charge < -0.3 is 13.8 Å². The molecule has 0 unspecified atom stereocenters. The third kappa shape index (κ3) is 4.00. The molecule has 4 heterocycles. The lowest BCUT2D eigenvalue weighted by atomic mass is 10.2. The predicted molar refractivity (Wildman–Crippen MR) is 93.8 cm³/mol. The van der Waals surface area contributed by atoms with E-state index in [9.17, 15) is 13.2 Å². The number of halogens is 4. The summed E-state index contributed by atoms with van der Waals surface area (Å²) in [6.45, 7) is 3.63. The first kappa shape index (κ1) is 18.8. The number of nitrogens with one attached hydrogen (secondary N) is 2. The van der Waals surface area contributed by atoms with Gasteiger partial charge in [-0.2, -0.15) is 13.2 Å². The molecule has 10 heteroatoms. The number of aromatic nitrogens is 2. The Morgan fingerprint density at radius 1 is 1.21 bits per heavy atom. The maximum absolute atomic E-state index is 12.8. The highest BCUT2D eigenvalue weighted by Gasteiger charge is 2.35. The largest absolute Gasteiger partial charge is 0.461 e. The van der Waals surface area contributed by atoms with Gasteiger partial charge in [0, 0.05) is 6.07 Å². The van der Waals surface area contributed by atoms with Crippen LogP contribution in [-0.4, -0.2) is 31.3 Å². The zero-order chi connectivity index (χ0) is 19.7. The average molecular weight is 415 g/mol. The summed E-state index contributed by atoms with van der Waals surface area (Å²) in [5.41, 5.74) is 0.0397. The van der Waals surface area contributed by atoms with Crippen LogP contribution >= 0.6 is 11.6 Å². The van der Waals surface area contributed by atoms with E-state index in [4.69, 9.17) is 20.5 Å². The molecule has 3 aromatic rings. The predicted octanol–water partition coefficient (Wildman–Crippen LogP) is 2.33. The summed E-state index contributed by atoms with van der Waals surface area (Å²) in [4.78, 5) is 5.96. The Balaban J connectivity index is 1.36. The van der Waals surface area contributed by atoms with Crippen molar-refractivity contribution in [2.45, 2.75) is 12.7 Å². The van der Waals surface area contributed by atoms with E-state index in [2.05, 4.69) is 10.1 Å². The highest BCUT2D eigenvalue weighted by atomic mass is 35.5. The quantitative estimate of drug-likeness (QED) is 0.712. The molecule has 0 spiro atoms. The number of pyridine rings is 1. The molecular weight excluding hydrogens is 397 g/mol. The number of aromatic amines is 1. The number of piperazine rings is 1. The Labute approximate surface area is 163 Å².